The van der Waals surface area contributed by atoms with Gasteiger partial charge >= 0.3 is 0 Å². The van der Waals surface area contributed by atoms with Crippen LogP contribution in [0.25, 0.3) is 0 Å². The van der Waals surface area contributed by atoms with E-state index < -0.39 is 0 Å². The van der Waals surface area contributed by atoms with Gasteiger partial charge in [-0.2, -0.15) is 0 Å². The second kappa shape index (κ2) is 11.5. The third-order valence-electron chi connectivity index (χ3n) is 8.07. The Labute approximate surface area is 159 Å². The van der Waals surface area contributed by atoms with E-state index >= 15 is 0 Å². The Morgan fingerprint density at radius 1 is 0.600 bits per heavy atom. The molecule has 25 heavy (non-hydrogen) atoms. The Bertz CT molecular complexity index is 322. The highest BCUT2D eigenvalue weighted by molar-refractivity contribution is 4.85. The first-order valence-electron chi connectivity index (χ1n) is 11.8. The first kappa shape index (κ1) is 21.0. The lowest BCUT2D eigenvalue weighted by atomic mass is 9.65. The first-order chi connectivity index (χ1) is 12.3. The number of unbranched alkanes of at least 4 members (excludes halogenated alkanes) is 1. The van der Waals surface area contributed by atoms with Crippen molar-refractivity contribution in [2.75, 3.05) is 0 Å². The molecule has 0 unspecified atom stereocenters. The number of hydrogen-bond donors (Lipinski definition) is 0. The monoisotopic (exact) mass is 346 g/mol. The standard InChI is InChI=1S/C23H42.C2H4/c1-3-4-5-19-8-12-21(13-9-19)23-16-14-22(15-17-23)20-10-6-18(2)7-11-20;1-2/h18-23H,3-17H2,1-2H3;1-2H2. The minimum absolute atomic E-state index is 1.02. The predicted molar refractivity (Wildman–Crippen MR) is 113 cm³/mol. The molecule has 3 aliphatic carbocycles. The highest BCUT2D eigenvalue weighted by Gasteiger charge is 2.34. The van der Waals surface area contributed by atoms with Crippen LogP contribution in [-0.2, 0) is 0 Å². The molecule has 0 saturated heterocycles. The molecule has 3 saturated carbocycles. The molecule has 0 aromatic carbocycles. The average Bonchev–Trinajstić information content (AvgIpc) is 2.69. The fourth-order valence-corrected chi connectivity index (χ4v) is 6.29. The van der Waals surface area contributed by atoms with E-state index in [2.05, 4.69) is 27.0 Å². The van der Waals surface area contributed by atoms with Crippen LogP contribution < -0.4 is 0 Å². The van der Waals surface area contributed by atoms with E-state index in [1.807, 2.05) is 0 Å². The van der Waals surface area contributed by atoms with E-state index in [0.29, 0.717) is 0 Å². The van der Waals surface area contributed by atoms with E-state index in [1.165, 1.54) is 32.1 Å². The Balaban J connectivity index is 0.00000109. The Kier molecular flexibility index (Phi) is 9.64. The molecule has 3 aliphatic rings. The molecule has 3 rings (SSSR count). The highest BCUT2D eigenvalue weighted by atomic mass is 14.4. The van der Waals surface area contributed by atoms with Gasteiger partial charge in [-0.15, -0.1) is 13.2 Å². The highest BCUT2D eigenvalue weighted by Crippen LogP contribution is 2.46. The second-order valence-corrected chi connectivity index (χ2v) is 9.62. The molecule has 0 N–H and O–H groups in total. The topological polar surface area (TPSA) is 0 Å². The largest absolute Gasteiger partial charge is 0.106 e. The van der Waals surface area contributed by atoms with Crippen molar-refractivity contribution in [1.29, 1.82) is 0 Å². The van der Waals surface area contributed by atoms with Crippen LogP contribution in [0.4, 0.5) is 0 Å². The van der Waals surface area contributed by atoms with Crippen molar-refractivity contribution in [2.45, 2.75) is 110 Å². The van der Waals surface area contributed by atoms with Crippen molar-refractivity contribution in [1.82, 2.24) is 0 Å². The molecular weight excluding hydrogens is 300 g/mol. The molecule has 0 spiro atoms. The molecule has 0 heteroatoms. The molecule has 0 aromatic rings. The van der Waals surface area contributed by atoms with Crippen LogP contribution in [0, 0.1) is 35.5 Å². The van der Waals surface area contributed by atoms with E-state index in [9.17, 15) is 0 Å². The summed E-state index contributed by atoms with van der Waals surface area (Å²) in [6.45, 7) is 10.8. The van der Waals surface area contributed by atoms with Crippen LogP contribution in [0.2, 0.25) is 0 Å². The van der Waals surface area contributed by atoms with Gasteiger partial charge < -0.3 is 0 Å². The lowest BCUT2D eigenvalue weighted by molar-refractivity contribution is 0.105. The number of rotatable bonds is 5. The summed E-state index contributed by atoms with van der Waals surface area (Å²) in [5, 5.41) is 0. The molecule has 0 atom stereocenters. The minimum Gasteiger partial charge on any atom is -0.106 e. The van der Waals surface area contributed by atoms with Crippen LogP contribution in [0.5, 0.6) is 0 Å². The van der Waals surface area contributed by atoms with Crippen LogP contribution in [0.1, 0.15) is 110 Å². The van der Waals surface area contributed by atoms with Gasteiger partial charge in [-0.1, -0.05) is 58.8 Å². The van der Waals surface area contributed by atoms with E-state index in [1.54, 1.807) is 64.2 Å². The van der Waals surface area contributed by atoms with E-state index in [0.717, 1.165) is 35.5 Å². The lowest BCUT2D eigenvalue weighted by Gasteiger charge is -2.41. The third kappa shape index (κ3) is 6.44. The molecule has 0 amide bonds. The van der Waals surface area contributed by atoms with E-state index in [4.69, 9.17) is 0 Å². The van der Waals surface area contributed by atoms with Crippen LogP contribution >= 0.6 is 0 Å². The average molecular weight is 347 g/mol. The van der Waals surface area contributed by atoms with Crippen LogP contribution in [0.3, 0.4) is 0 Å². The van der Waals surface area contributed by atoms with E-state index in [-0.39, 0.29) is 0 Å². The summed E-state index contributed by atoms with van der Waals surface area (Å²) in [6, 6.07) is 0. The van der Waals surface area contributed by atoms with Gasteiger partial charge in [-0.05, 0) is 86.9 Å². The van der Waals surface area contributed by atoms with Crippen LogP contribution in [0.15, 0.2) is 13.2 Å². The van der Waals surface area contributed by atoms with Crippen molar-refractivity contribution in [2.24, 2.45) is 35.5 Å². The van der Waals surface area contributed by atoms with Crippen molar-refractivity contribution in [3.8, 4) is 0 Å². The minimum atomic E-state index is 1.02. The molecule has 0 nitrogen and oxygen atoms in total. The zero-order valence-corrected chi connectivity index (χ0v) is 17.5. The molecule has 3 fully saturated rings. The maximum atomic E-state index is 3.00. The van der Waals surface area contributed by atoms with Gasteiger partial charge in [0.05, 0.1) is 0 Å². The molecule has 0 aliphatic heterocycles. The van der Waals surface area contributed by atoms with Gasteiger partial charge in [0.1, 0.15) is 0 Å². The van der Waals surface area contributed by atoms with Gasteiger partial charge in [0, 0.05) is 0 Å². The summed E-state index contributed by atoms with van der Waals surface area (Å²) in [7, 11) is 0. The summed E-state index contributed by atoms with van der Waals surface area (Å²) in [4.78, 5) is 0. The number of hydrogen-bond acceptors (Lipinski definition) is 0. The Morgan fingerprint density at radius 3 is 1.36 bits per heavy atom. The first-order valence-corrected chi connectivity index (χ1v) is 11.8. The fraction of sp³-hybridized carbons (Fsp3) is 0.920. The summed E-state index contributed by atoms with van der Waals surface area (Å²) in [6.07, 6.45) is 23.1. The van der Waals surface area contributed by atoms with Gasteiger partial charge in [0.15, 0.2) is 0 Å². The normalized spacial score (nSPS) is 39.3. The fourth-order valence-electron chi connectivity index (χ4n) is 6.29. The SMILES string of the molecule is C=C.CCCCC1CCC(C2CCC(C3CCC(C)CC3)CC2)CC1. The maximum absolute atomic E-state index is 3.00. The van der Waals surface area contributed by atoms with Gasteiger partial charge in [0.2, 0.25) is 0 Å². The Hall–Kier alpha value is -0.260. The molecule has 0 bridgehead atoms. The third-order valence-corrected chi connectivity index (χ3v) is 8.07. The second-order valence-electron chi connectivity index (χ2n) is 9.62. The predicted octanol–water partition coefficient (Wildman–Crippen LogP) is 8.42. The zero-order chi connectivity index (χ0) is 18.1. The van der Waals surface area contributed by atoms with Crippen molar-refractivity contribution in [3.05, 3.63) is 13.2 Å². The molecular formula is C25H46. The molecule has 0 heterocycles. The zero-order valence-electron chi connectivity index (χ0n) is 17.5. The lowest BCUT2D eigenvalue weighted by Crippen LogP contribution is -2.29. The molecule has 146 valence electrons. The summed E-state index contributed by atoms with van der Waals surface area (Å²) in [5.74, 6) is 6.55. The molecule has 0 radical (unpaired) electrons. The van der Waals surface area contributed by atoms with Crippen molar-refractivity contribution in [3.63, 3.8) is 0 Å². The van der Waals surface area contributed by atoms with Crippen molar-refractivity contribution >= 4 is 0 Å². The Morgan fingerprint density at radius 2 is 0.960 bits per heavy atom. The smallest absolute Gasteiger partial charge is 0.0386 e. The van der Waals surface area contributed by atoms with Gasteiger partial charge in [-0.25, -0.2) is 0 Å². The van der Waals surface area contributed by atoms with Gasteiger partial charge in [0.25, 0.3) is 0 Å². The summed E-state index contributed by atoms with van der Waals surface area (Å²) < 4.78 is 0. The summed E-state index contributed by atoms with van der Waals surface area (Å²) in [5.41, 5.74) is 0. The summed E-state index contributed by atoms with van der Waals surface area (Å²) >= 11 is 0. The molecule has 0 aromatic heterocycles. The quantitative estimate of drug-likeness (QED) is 0.438. The maximum Gasteiger partial charge on any atom is -0.0386 e. The van der Waals surface area contributed by atoms with Crippen LogP contribution in [-0.4, -0.2) is 0 Å². The van der Waals surface area contributed by atoms with Crippen molar-refractivity contribution < 1.29 is 0 Å². The van der Waals surface area contributed by atoms with Gasteiger partial charge in [-0.3, -0.25) is 0 Å².